The highest BCUT2D eigenvalue weighted by atomic mass is 32.1. The summed E-state index contributed by atoms with van der Waals surface area (Å²) in [7, 11) is 0. The molecule has 0 saturated carbocycles. The maximum absolute atomic E-state index is 13.2. The first-order chi connectivity index (χ1) is 11.1. The highest BCUT2D eigenvalue weighted by molar-refractivity contribution is 7.15. The van der Waals surface area contributed by atoms with Crippen LogP contribution in [0.3, 0.4) is 0 Å². The number of hydrogen-bond donors (Lipinski definition) is 2. The SMILES string of the molecule is O=C(Nc1ncc(Cc2ccc(F)c(F)c2)s1)C1CNCCO1. The molecule has 1 amide bonds. The van der Waals surface area contributed by atoms with Crippen LogP contribution in [0.25, 0.3) is 0 Å². The molecule has 1 aromatic heterocycles. The van der Waals surface area contributed by atoms with E-state index in [9.17, 15) is 13.6 Å². The van der Waals surface area contributed by atoms with Gasteiger partial charge < -0.3 is 10.1 Å². The topological polar surface area (TPSA) is 63.2 Å². The number of carbonyl (C=O) groups excluding carboxylic acids is 1. The van der Waals surface area contributed by atoms with Gasteiger partial charge in [-0.2, -0.15) is 0 Å². The van der Waals surface area contributed by atoms with Crippen LogP contribution < -0.4 is 10.6 Å². The van der Waals surface area contributed by atoms with Crippen molar-refractivity contribution in [1.29, 1.82) is 0 Å². The summed E-state index contributed by atoms with van der Waals surface area (Å²) in [6.07, 6.45) is 1.51. The van der Waals surface area contributed by atoms with Crippen LogP contribution in [-0.4, -0.2) is 36.7 Å². The average Bonchev–Trinajstić information content (AvgIpc) is 2.99. The largest absolute Gasteiger partial charge is 0.366 e. The van der Waals surface area contributed by atoms with Gasteiger partial charge in [0, 0.05) is 30.6 Å². The molecular weight excluding hydrogens is 324 g/mol. The summed E-state index contributed by atoms with van der Waals surface area (Å²) in [4.78, 5) is 17.0. The van der Waals surface area contributed by atoms with Crippen LogP contribution in [-0.2, 0) is 16.0 Å². The summed E-state index contributed by atoms with van der Waals surface area (Å²) < 4.78 is 31.5. The van der Waals surface area contributed by atoms with Gasteiger partial charge in [-0.25, -0.2) is 13.8 Å². The second-order valence-corrected chi connectivity index (χ2v) is 6.22. The molecule has 1 aromatic carbocycles. The second kappa shape index (κ2) is 7.12. The molecule has 1 fully saturated rings. The van der Waals surface area contributed by atoms with Crippen molar-refractivity contribution in [2.24, 2.45) is 0 Å². The van der Waals surface area contributed by atoms with E-state index in [1.165, 1.54) is 17.4 Å². The quantitative estimate of drug-likeness (QED) is 0.894. The molecule has 8 heteroatoms. The van der Waals surface area contributed by atoms with Crippen LogP contribution >= 0.6 is 11.3 Å². The van der Waals surface area contributed by atoms with Crippen LogP contribution in [0.15, 0.2) is 24.4 Å². The Kier molecular flexibility index (Phi) is 4.94. The summed E-state index contributed by atoms with van der Waals surface area (Å²) in [5.41, 5.74) is 0.644. The first-order valence-corrected chi connectivity index (χ1v) is 7.95. The number of nitrogens with zero attached hydrogens (tertiary/aromatic N) is 1. The Morgan fingerprint density at radius 1 is 1.43 bits per heavy atom. The fourth-order valence-electron chi connectivity index (χ4n) is 2.22. The summed E-state index contributed by atoms with van der Waals surface area (Å²) in [5.74, 6) is -1.99. The van der Waals surface area contributed by atoms with Crippen LogP contribution in [0, 0.1) is 11.6 Å². The van der Waals surface area contributed by atoms with Crippen molar-refractivity contribution in [1.82, 2.24) is 10.3 Å². The molecule has 23 heavy (non-hydrogen) atoms. The first-order valence-electron chi connectivity index (χ1n) is 7.13. The third-order valence-electron chi connectivity index (χ3n) is 3.37. The van der Waals surface area contributed by atoms with E-state index in [1.807, 2.05) is 0 Å². The van der Waals surface area contributed by atoms with Crippen molar-refractivity contribution >= 4 is 22.4 Å². The molecule has 2 aromatic rings. The lowest BCUT2D eigenvalue weighted by Gasteiger charge is -2.22. The minimum absolute atomic E-state index is 0.245. The van der Waals surface area contributed by atoms with Gasteiger partial charge in [0.25, 0.3) is 5.91 Å². The fourth-order valence-corrected chi connectivity index (χ4v) is 3.07. The molecule has 5 nitrogen and oxygen atoms in total. The van der Waals surface area contributed by atoms with Crippen molar-refractivity contribution in [2.75, 3.05) is 25.0 Å². The van der Waals surface area contributed by atoms with Crippen LogP contribution in [0.4, 0.5) is 13.9 Å². The number of ether oxygens (including phenoxy) is 1. The van der Waals surface area contributed by atoms with Gasteiger partial charge in [0.15, 0.2) is 16.8 Å². The summed E-state index contributed by atoms with van der Waals surface area (Å²) in [6.45, 7) is 1.70. The molecule has 1 aliphatic rings. The van der Waals surface area contributed by atoms with E-state index >= 15 is 0 Å². The van der Waals surface area contributed by atoms with Gasteiger partial charge in [-0.1, -0.05) is 6.07 Å². The van der Waals surface area contributed by atoms with Gasteiger partial charge in [0.05, 0.1) is 6.61 Å². The Morgan fingerprint density at radius 3 is 3.04 bits per heavy atom. The molecule has 1 atom stereocenters. The second-order valence-electron chi connectivity index (χ2n) is 5.11. The van der Waals surface area contributed by atoms with Crippen molar-refractivity contribution in [3.8, 4) is 0 Å². The third-order valence-corrected chi connectivity index (χ3v) is 4.28. The normalized spacial score (nSPS) is 17.9. The molecule has 0 bridgehead atoms. The van der Waals surface area contributed by atoms with E-state index in [-0.39, 0.29) is 5.91 Å². The average molecular weight is 339 g/mol. The van der Waals surface area contributed by atoms with Gasteiger partial charge in [-0.3, -0.25) is 10.1 Å². The standard InChI is InChI=1S/C15H15F2N3O2S/c16-11-2-1-9(6-12(11)17)5-10-7-19-15(23-10)20-14(21)13-8-18-3-4-22-13/h1-2,6-7,13,18H,3-5,8H2,(H,19,20,21). The van der Waals surface area contributed by atoms with Gasteiger partial charge in [0.2, 0.25) is 0 Å². The molecule has 122 valence electrons. The Balaban J connectivity index is 1.61. The number of amides is 1. The van der Waals surface area contributed by atoms with Gasteiger partial charge in [-0.05, 0) is 17.7 Å². The summed E-state index contributed by atoms with van der Waals surface area (Å²) in [6, 6.07) is 3.79. The van der Waals surface area contributed by atoms with E-state index < -0.39 is 17.7 Å². The van der Waals surface area contributed by atoms with Gasteiger partial charge >= 0.3 is 0 Å². The number of rotatable bonds is 4. The predicted octanol–water partition coefficient (Wildman–Crippen LogP) is 1.94. The molecular formula is C15H15F2N3O2S. The Bertz CT molecular complexity index is 702. The van der Waals surface area contributed by atoms with Crippen LogP contribution in [0.2, 0.25) is 0 Å². The Hall–Kier alpha value is -1.90. The minimum atomic E-state index is -0.873. The number of aromatic nitrogens is 1. The third kappa shape index (κ3) is 4.10. The lowest BCUT2D eigenvalue weighted by Crippen LogP contribution is -2.45. The molecule has 1 unspecified atom stereocenters. The zero-order valence-corrected chi connectivity index (χ0v) is 13.0. The molecule has 2 N–H and O–H groups in total. The number of halogens is 2. The molecule has 0 spiro atoms. The fraction of sp³-hybridized carbons (Fsp3) is 0.333. The van der Waals surface area contributed by atoms with E-state index in [4.69, 9.17) is 4.74 Å². The van der Waals surface area contributed by atoms with Crippen molar-refractivity contribution in [3.05, 3.63) is 46.5 Å². The number of carbonyl (C=O) groups is 1. The van der Waals surface area contributed by atoms with Crippen molar-refractivity contribution < 1.29 is 18.3 Å². The Labute approximate surface area is 135 Å². The number of thiazole rings is 1. The zero-order chi connectivity index (χ0) is 16.2. The maximum atomic E-state index is 13.2. The number of nitrogens with one attached hydrogen (secondary N) is 2. The lowest BCUT2D eigenvalue weighted by atomic mass is 10.1. The molecule has 0 aliphatic carbocycles. The number of benzene rings is 1. The number of hydrogen-bond acceptors (Lipinski definition) is 5. The predicted molar refractivity (Wildman–Crippen MR) is 82.5 cm³/mol. The summed E-state index contributed by atoms with van der Waals surface area (Å²) in [5, 5.41) is 6.25. The first kappa shape index (κ1) is 16.0. The van der Waals surface area contributed by atoms with E-state index in [0.717, 1.165) is 23.6 Å². The van der Waals surface area contributed by atoms with Crippen LogP contribution in [0.1, 0.15) is 10.4 Å². The van der Waals surface area contributed by atoms with E-state index in [1.54, 1.807) is 6.20 Å². The van der Waals surface area contributed by atoms with E-state index in [0.29, 0.717) is 30.3 Å². The molecule has 2 heterocycles. The molecule has 0 radical (unpaired) electrons. The van der Waals surface area contributed by atoms with E-state index in [2.05, 4.69) is 15.6 Å². The van der Waals surface area contributed by atoms with Crippen LogP contribution in [0.5, 0.6) is 0 Å². The van der Waals surface area contributed by atoms with Crippen molar-refractivity contribution in [3.63, 3.8) is 0 Å². The minimum Gasteiger partial charge on any atom is -0.366 e. The molecule has 1 saturated heterocycles. The molecule has 3 rings (SSSR count). The highest BCUT2D eigenvalue weighted by Crippen LogP contribution is 2.22. The zero-order valence-electron chi connectivity index (χ0n) is 12.1. The Morgan fingerprint density at radius 2 is 2.30 bits per heavy atom. The number of morpholine rings is 1. The molecule has 1 aliphatic heterocycles. The van der Waals surface area contributed by atoms with Crippen molar-refractivity contribution in [2.45, 2.75) is 12.5 Å². The smallest absolute Gasteiger partial charge is 0.256 e. The monoisotopic (exact) mass is 339 g/mol. The van der Waals surface area contributed by atoms with Gasteiger partial charge in [-0.15, -0.1) is 11.3 Å². The lowest BCUT2D eigenvalue weighted by molar-refractivity contribution is -0.128. The summed E-state index contributed by atoms with van der Waals surface area (Å²) >= 11 is 1.29. The number of anilines is 1. The maximum Gasteiger partial charge on any atom is 0.256 e. The highest BCUT2D eigenvalue weighted by Gasteiger charge is 2.22. The van der Waals surface area contributed by atoms with Gasteiger partial charge in [0.1, 0.15) is 6.10 Å².